The molecule has 6 aliphatic heterocycles. The van der Waals surface area contributed by atoms with Crippen LogP contribution in [-0.4, -0.2) is 240 Å². The zero-order valence-electron chi connectivity index (χ0n) is 83.4. The van der Waals surface area contributed by atoms with E-state index in [2.05, 4.69) is 142 Å². The summed E-state index contributed by atoms with van der Waals surface area (Å²) in [6, 6.07) is 23.3. The second-order valence-electron chi connectivity index (χ2n) is 39.7. The number of hydrogen-bond acceptors (Lipinski definition) is 22. The second kappa shape index (κ2) is 38.0. The summed E-state index contributed by atoms with van der Waals surface area (Å²) in [7, 11) is 6.06. The number of halogens is 3. The van der Waals surface area contributed by atoms with Gasteiger partial charge in [0.1, 0.15) is 34.0 Å². The van der Waals surface area contributed by atoms with E-state index in [9.17, 15) is 19.2 Å². The van der Waals surface area contributed by atoms with Crippen molar-refractivity contribution in [3.63, 3.8) is 0 Å². The Morgan fingerprint density at radius 3 is 1.15 bits per heavy atom. The third-order valence-electron chi connectivity index (χ3n) is 29.0. The summed E-state index contributed by atoms with van der Waals surface area (Å²) in [6.45, 7) is 48.2. The number of benzene rings is 3. The molecule has 15 aromatic rings. The van der Waals surface area contributed by atoms with Gasteiger partial charge in [0.25, 0.3) is 16.7 Å². The molecule has 18 heterocycles. The number of aromatic amines is 3. The molecule has 6 unspecified atom stereocenters. The molecule has 3 fully saturated rings. The number of piperazine rings is 3. The number of hydrogen-bond donors (Lipinski definition) is 4. The van der Waals surface area contributed by atoms with Crippen LogP contribution < -0.4 is 46.5 Å². The number of carbonyl (C=O) groups is 3. The molecule has 12 aromatic heterocycles. The largest absolute Gasteiger partial charge is 0.377 e. The lowest BCUT2D eigenvalue weighted by Crippen LogP contribution is -2.64. The van der Waals surface area contributed by atoms with Gasteiger partial charge < -0.3 is 64.4 Å². The first-order valence-corrected chi connectivity index (χ1v) is 49.6. The fourth-order valence-electron chi connectivity index (χ4n) is 22.1. The molecule has 732 valence electrons. The quantitative estimate of drug-likeness (QED) is 0.0653. The van der Waals surface area contributed by atoms with Crippen LogP contribution in [0.25, 0.3) is 117 Å². The van der Waals surface area contributed by atoms with E-state index in [0.717, 1.165) is 164 Å². The molecule has 3 aromatic carbocycles. The number of amides is 3. The summed E-state index contributed by atoms with van der Waals surface area (Å²) < 4.78 is 5.23. The Morgan fingerprint density at radius 2 is 0.775 bits per heavy atom. The molecule has 0 radical (unpaired) electrons. The fourth-order valence-corrected chi connectivity index (χ4v) is 22.9. The molecule has 34 heteroatoms. The van der Waals surface area contributed by atoms with Gasteiger partial charge in [-0.15, -0.1) is 0 Å². The van der Waals surface area contributed by atoms with Crippen molar-refractivity contribution in [1.29, 1.82) is 0 Å². The third-order valence-corrected chi connectivity index (χ3v) is 29.9. The monoisotopic (exact) mass is 1970 g/mol. The fraction of sp³-hybridized carbons (Fsp3) is 0.361. The van der Waals surface area contributed by atoms with Crippen molar-refractivity contribution in [1.82, 2.24) is 93.1 Å². The Kier molecular flexibility index (Phi) is 25.9. The third kappa shape index (κ3) is 16.4. The summed E-state index contributed by atoms with van der Waals surface area (Å²) >= 11 is 21.7. The number of likely N-dealkylation sites (N-methyl/N-ethyl adjacent to an activating group) is 1. The van der Waals surface area contributed by atoms with E-state index >= 15 is 9.59 Å². The van der Waals surface area contributed by atoms with E-state index in [0.29, 0.717) is 132 Å². The van der Waals surface area contributed by atoms with Gasteiger partial charge in [-0.3, -0.25) is 57.4 Å². The number of aromatic nitrogens is 15. The number of fused-ring (bicyclic) bond motifs is 18. The number of imidazole rings is 3. The number of H-pyrrole nitrogens is 3. The Bertz CT molecular complexity index is 7920. The Hall–Kier alpha value is -14.1. The number of nitrogens with one attached hydrogen (secondary N) is 4. The van der Waals surface area contributed by atoms with E-state index in [1.807, 2.05) is 155 Å². The summed E-state index contributed by atoms with van der Waals surface area (Å²) in [5, 5.41) is 7.12. The van der Waals surface area contributed by atoms with Gasteiger partial charge in [-0.05, 0) is 213 Å². The summed E-state index contributed by atoms with van der Waals surface area (Å²) in [5.74, 6) is -0.124. The molecule has 6 atom stereocenters. The van der Waals surface area contributed by atoms with Gasteiger partial charge in [0.2, 0.25) is 17.7 Å². The van der Waals surface area contributed by atoms with Crippen molar-refractivity contribution < 1.29 is 14.4 Å². The van der Waals surface area contributed by atoms with Crippen molar-refractivity contribution in [2.75, 3.05) is 123 Å². The molecule has 31 nitrogen and oxygen atoms in total. The minimum Gasteiger partial charge on any atom is -0.377 e. The molecule has 3 saturated heterocycles. The average Bonchev–Trinajstić information content (AvgIpc) is 0.813. The van der Waals surface area contributed by atoms with Crippen molar-refractivity contribution in [2.45, 2.75) is 164 Å². The molecule has 4 N–H and O–H groups in total. The first-order valence-electron chi connectivity index (χ1n) is 48.5. The Morgan fingerprint density at radius 1 is 0.430 bits per heavy atom. The molecule has 0 bridgehead atoms. The summed E-state index contributed by atoms with van der Waals surface area (Å²) in [6.07, 6.45) is 15.4. The van der Waals surface area contributed by atoms with Crippen LogP contribution in [0.1, 0.15) is 137 Å². The SMILES string of the molecule is C=CC(=O)N1CC2CN(C)c3c(c4cc(Cl)c(-c5c(C)ccc6[nH]cnc56)nc4n(-c4c(C)ccnc4C(C)C)c3=O)N2CC1C.C=CC(=O)N1CC2CN(CCCN(C)C)c3c(c4cc(Cl)c(-c5c(C)ccc6[nH]cnc56)nc4n(-c4c(C)ccnc4C(C)C)c3=O)N2CC1C.C=CC(=O)N1CC2CNc3c(c4cc(Cl)c(-c5c(C)ccc6[nH]cnc56)nc4n(-c4c(C)ccnc4C(C)C)c3=O)N2CC1C. The van der Waals surface area contributed by atoms with E-state index in [4.69, 9.17) is 64.7 Å². The van der Waals surface area contributed by atoms with Crippen LogP contribution in [0.2, 0.25) is 15.1 Å². The van der Waals surface area contributed by atoms with Gasteiger partial charge in [-0.2, -0.15) is 0 Å². The highest BCUT2D eigenvalue weighted by molar-refractivity contribution is 6.36. The van der Waals surface area contributed by atoms with Gasteiger partial charge in [-0.1, -0.05) is 114 Å². The molecule has 6 aliphatic rings. The van der Waals surface area contributed by atoms with E-state index < -0.39 is 0 Å². The zero-order valence-corrected chi connectivity index (χ0v) is 85.7. The lowest BCUT2D eigenvalue weighted by atomic mass is 9.97. The van der Waals surface area contributed by atoms with Crippen molar-refractivity contribution in [3.8, 4) is 50.8 Å². The van der Waals surface area contributed by atoms with Crippen LogP contribution in [0.5, 0.6) is 0 Å². The number of aryl methyl sites for hydroxylation is 6. The maximum absolute atomic E-state index is 15.5. The Balaban J connectivity index is 0.000000136. The summed E-state index contributed by atoms with van der Waals surface area (Å²) in [4.78, 5) is 156. The average molecular weight is 1970 g/mol. The number of pyridine rings is 9. The van der Waals surface area contributed by atoms with Crippen LogP contribution in [-0.2, 0) is 14.4 Å². The van der Waals surface area contributed by atoms with Gasteiger partial charge in [0.15, 0.2) is 0 Å². The lowest BCUT2D eigenvalue weighted by Gasteiger charge is -2.52. The standard InChI is InChI=1S/C39H46ClN9O2.C35H37ClN8O2.C34H35ClN8O2/c1-9-30(50)47-20-26-19-46(16-10-15-45(7)8)37-36(48(26)18-25(47)6)27-17-28(40)33(31-23(4)11-12-29-34(31)43-21-42-29)44-38(27)49(39(37)51)35-24(5)13-14-41-32(35)22(2)3;1-8-26(45)42-16-22-15-41(7)33-32(43(22)14-21(42)6)23-13-24(36)29(27-19(4)9-10-25-30(27)39-17-38-25)40-34(23)44(35(33)46)31-20(5)11-12-37-28(31)18(2)3;1-7-25(44)41-15-21-13-37-30-32(42(21)14-20(41)6)22-12-23(35)28(26-18(4)8-9-24-29(26)39-16-38-24)40-33(22)43(34(30)45)31-19(5)10-11-36-27(31)17(2)3/h9,11-14,17,21-22,25-26H,1,10,15-16,18-20H2,2-8H3,(H,42,43);8-13,17-18,21-22H,1,14-16H2,2-7H3,(H,38,39);7-12,16-17,20-21,37H,1,13-15H2,2-6H3,(H,38,39). The maximum atomic E-state index is 15.5. The first-order chi connectivity index (χ1) is 68.0. The Labute approximate surface area is 838 Å². The van der Waals surface area contributed by atoms with Crippen molar-refractivity contribution in [2.24, 2.45) is 0 Å². The van der Waals surface area contributed by atoms with Gasteiger partial charge in [-0.25, -0.2) is 29.9 Å². The topological polar surface area (TPSA) is 322 Å². The molecule has 0 spiro atoms. The second-order valence-corrected chi connectivity index (χ2v) is 41.0. The predicted octanol–water partition coefficient (Wildman–Crippen LogP) is 17.6. The van der Waals surface area contributed by atoms with Gasteiger partial charge in [0, 0.05) is 142 Å². The molecular weight excluding hydrogens is 1850 g/mol. The lowest BCUT2D eigenvalue weighted by molar-refractivity contribution is -0.129. The van der Waals surface area contributed by atoms with E-state index in [-0.39, 0.29) is 88.4 Å². The highest BCUT2D eigenvalue weighted by atomic mass is 35.5. The van der Waals surface area contributed by atoms with Crippen LogP contribution in [0.4, 0.5) is 34.1 Å². The smallest absolute Gasteiger partial charge is 0.282 e. The molecule has 142 heavy (non-hydrogen) atoms. The number of anilines is 6. The minimum absolute atomic E-state index is 0.0408. The molecule has 0 aliphatic carbocycles. The molecule has 0 saturated carbocycles. The predicted molar refractivity (Wildman–Crippen MR) is 571 cm³/mol. The minimum atomic E-state index is -0.207. The number of nitrogens with zero attached hydrogens (tertiary/aromatic N) is 21. The summed E-state index contributed by atoms with van der Waals surface area (Å²) in [5.41, 5.74) is 24.3. The highest BCUT2D eigenvalue weighted by Gasteiger charge is 2.47. The van der Waals surface area contributed by atoms with Crippen LogP contribution in [0.15, 0.2) is 163 Å². The van der Waals surface area contributed by atoms with E-state index in [1.165, 1.54) is 18.2 Å². The van der Waals surface area contributed by atoms with Crippen LogP contribution in [0, 0.1) is 41.5 Å². The van der Waals surface area contributed by atoms with Gasteiger partial charge in [0.05, 0.1) is 154 Å². The van der Waals surface area contributed by atoms with Crippen LogP contribution in [0.3, 0.4) is 0 Å². The first kappa shape index (κ1) is 96.7. The number of carbonyl (C=O) groups excluding carboxylic acids is 3. The van der Waals surface area contributed by atoms with E-state index in [1.54, 1.807) is 51.3 Å². The molecular formula is C108H118Cl3N25O6. The molecule has 3 amide bonds. The normalized spacial score (nSPS) is 17.8. The molecule has 21 rings (SSSR count). The zero-order chi connectivity index (χ0) is 101. The van der Waals surface area contributed by atoms with Crippen LogP contribution >= 0.6 is 34.8 Å². The van der Waals surface area contributed by atoms with Crippen molar-refractivity contribution >= 4 is 153 Å². The number of rotatable bonds is 16. The van der Waals surface area contributed by atoms with Gasteiger partial charge >= 0.3 is 0 Å². The van der Waals surface area contributed by atoms with Crippen molar-refractivity contribution in [3.05, 3.63) is 245 Å². The maximum Gasteiger partial charge on any atom is 0.282 e. The highest BCUT2D eigenvalue weighted by Crippen LogP contribution is 2.50.